The fourth-order valence-corrected chi connectivity index (χ4v) is 5.19. The van der Waals surface area contributed by atoms with Crippen molar-refractivity contribution < 1.29 is 19.1 Å². The van der Waals surface area contributed by atoms with E-state index in [0.29, 0.717) is 19.6 Å². The number of amides is 2. The molecule has 1 saturated carbocycles. The molecule has 0 N–H and O–H groups in total. The minimum atomic E-state index is -0.356. The Hall–Kier alpha value is -2.08. The molecular weight excluding hydrogens is 368 g/mol. The van der Waals surface area contributed by atoms with Gasteiger partial charge < -0.3 is 19.3 Å². The molecule has 6 nitrogen and oxygen atoms in total. The first kappa shape index (κ1) is 20.2. The van der Waals surface area contributed by atoms with Gasteiger partial charge in [0.2, 0.25) is 11.8 Å². The van der Waals surface area contributed by atoms with Gasteiger partial charge in [-0.3, -0.25) is 9.59 Å². The third-order valence-corrected chi connectivity index (χ3v) is 7.06. The smallest absolute Gasteiger partial charge is 0.233 e. The second kappa shape index (κ2) is 7.98. The molecule has 2 heterocycles. The van der Waals surface area contributed by atoms with Crippen molar-refractivity contribution in [3.05, 3.63) is 29.8 Å². The number of hydrogen-bond donors (Lipinski definition) is 0. The SMILES string of the molecule is COCCN1C[C@@]2(CCCN(C(=O)C3(c4ccc(OC)cc4)CC3)C2)CCC1=O. The predicted octanol–water partition coefficient (Wildman–Crippen LogP) is 2.60. The molecule has 3 fully saturated rings. The van der Waals surface area contributed by atoms with E-state index in [4.69, 9.17) is 9.47 Å². The van der Waals surface area contributed by atoms with Crippen molar-refractivity contribution in [1.29, 1.82) is 0 Å². The molecule has 2 amide bonds. The number of rotatable bonds is 6. The van der Waals surface area contributed by atoms with E-state index in [2.05, 4.69) is 4.90 Å². The molecule has 1 spiro atoms. The third-order valence-electron chi connectivity index (χ3n) is 7.06. The molecule has 1 atom stereocenters. The van der Waals surface area contributed by atoms with Gasteiger partial charge in [0, 0.05) is 45.1 Å². The Labute approximate surface area is 173 Å². The molecule has 2 aliphatic heterocycles. The van der Waals surface area contributed by atoms with Gasteiger partial charge in [-0.1, -0.05) is 12.1 Å². The molecule has 3 aliphatic rings. The van der Waals surface area contributed by atoms with Gasteiger partial charge in [-0.25, -0.2) is 0 Å². The maximum Gasteiger partial charge on any atom is 0.233 e. The van der Waals surface area contributed by atoms with Gasteiger partial charge in [-0.2, -0.15) is 0 Å². The molecule has 1 aliphatic carbocycles. The quantitative estimate of drug-likeness (QED) is 0.737. The first-order chi connectivity index (χ1) is 14.0. The van der Waals surface area contributed by atoms with Crippen LogP contribution in [0.5, 0.6) is 5.75 Å². The van der Waals surface area contributed by atoms with Gasteiger partial charge in [0.1, 0.15) is 5.75 Å². The molecule has 0 bridgehead atoms. The average Bonchev–Trinajstić information content (AvgIpc) is 3.56. The Morgan fingerprint density at radius 1 is 1.07 bits per heavy atom. The van der Waals surface area contributed by atoms with Crippen LogP contribution in [0.25, 0.3) is 0 Å². The summed E-state index contributed by atoms with van der Waals surface area (Å²) >= 11 is 0. The number of hydrogen-bond acceptors (Lipinski definition) is 4. The first-order valence-electron chi connectivity index (χ1n) is 10.7. The zero-order valence-corrected chi connectivity index (χ0v) is 17.6. The van der Waals surface area contributed by atoms with E-state index in [1.165, 1.54) is 0 Å². The fraction of sp³-hybridized carbons (Fsp3) is 0.652. The zero-order chi connectivity index (χ0) is 20.5. The van der Waals surface area contributed by atoms with Crippen LogP contribution in [0.3, 0.4) is 0 Å². The summed E-state index contributed by atoms with van der Waals surface area (Å²) in [7, 11) is 3.32. The molecule has 158 valence electrons. The molecule has 4 rings (SSSR count). The van der Waals surface area contributed by atoms with Gasteiger partial charge in [-0.15, -0.1) is 0 Å². The summed E-state index contributed by atoms with van der Waals surface area (Å²) in [5.74, 6) is 1.30. The van der Waals surface area contributed by atoms with E-state index in [-0.39, 0.29) is 22.6 Å². The maximum atomic E-state index is 13.6. The van der Waals surface area contributed by atoms with E-state index >= 15 is 0 Å². The lowest BCUT2D eigenvalue weighted by Gasteiger charge is -2.48. The van der Waals surface area contributed by atoms with Crippen LogP contribution in [0, 0.1) is 5.41 Å². The largest absolute Gasteiger partial charge is 0.497 e. The van der Waals surface area contributed by atoms with Crippen LogP contribution in [-0.4, -0.2) is 68.6 Å². The molecule has 0 radical (unpaired) electrons. The Morgan fingerprint density at radius 3 is 2.48 bits per heavy atom. The summed E-state index contributed by atoms with van der Waals surface area (Å²) in [5.41, 5.74) is 0.778. The van der Waals surface area contributed by atoms with Gasteiger partial charge in [0.25, 0.3) is 0 Å². The van der Waals surface area contributed by atoms with Gasteiger partial charge in [0.05, 0.1) is 19.1 Å². The van der Waals surface area contributed by atoms with E-state index in [1.54, 1.807) is 14.2 Å². The Morgan fingerprint density at radius 2 is 1.83 bits per heavy atom. The van der Waals surface area contributed by atoms with Crippen LogP contribution in [0.1, 0.15) is 44.1 Å². The lowest BCUT2D eigenvalue weighted by molar-refractivity contribution is -0.144. The number of methoxy groups -OCH3 is 2. The Kier molecular flexibility index (Phi) is 5.56. The topological polar surface area (TPSA) is 59.1 Å². The lowest BCUT2D eigenvalue weighted by atomic mass is 9.73. The average molecular weight is 401 g/mol. The number of carbonyl (C=O) groups excluding carboxylic acids is 2. The number of carbonyl (C=O) groups is 2. The first-order valence-corrected chi connectivity index (χ1v) is 10.7. The second-order valence-corrected chi connectivity index (χ2v) is 8.95. The molecule has 0 aromatic heterocycles. The van der Waals surface area contributed by atoms with Gasteiger partial charge >= 0.3 is 0 Å². The molecule has 0 unspecified atom stereocenters. The van der Waals surface area contributed by atoms with Crippen molar-refractivity contribution in [3.8, 4) is 5.75 Å². The molecule has 1 aromatic rings. The highest BCUT2D eigenvalue weighted by Crippen LogP contribution is 2.51. The summed E-state index contributed by atoms with van der Waals surface area (Å²) in [6.45, 7) is 3.53. The third kappa shape index (κ3) is 3.87. The van der Waals surface area contributed by atoms with Crippen molar-refractivity contribution in [1.82, 2.24) is 9.80 Å². The Bertz CT molecular complexity index is 759. The van der Waals surface area contributed by atoms with Crippen LogP contribution >= 0.6 is 0 Å². The van der Waals surface area contributed by atoms with Crippen molar-refractivity contribution in [2.45, 2.75) is 43.9 Å². The van der Waals surface area contributed by atoms with E-state index in [1.807, 2.05) is 29.2 Å². The van der Waals surface area contributed by atoms with Gasteiger partial charge in [-0.05, 0) is 49.8 Å². The van der Waals surface area contributed by atoms with Crippen LogP contribution in [0.15, 0.2) is 24.3 Å². The Balaban J connectivity index is 1.48. The predicted molar refractivity (Wildman–Crippen MR) is 110 cm³/mol. The van der Waals surface area contributed by atoms with Crippen molar-refractivity contribution >= 4 is 11.8 Å². The molecular formula is C23H32N2O4. The molecule has 29 heavy (non-hydrogen) atoms. The van der Waals surface area contributed by atoms with E-state index < -0.39 is 0 Å². The van der Waals surface area contributed by atoms with Crippen molar-refractivity contribution in [2.24, 2.45) is 5.41 Å². The standard InChI is InChI=1S/C23H32N2O4/c1-28-15-14-24-16-22(10-8-20(24)26)9-3-13-25(17-22)21(27)23(11-12-23)18-4-6-19(29-2)7-5-18/h4-7H,3,8-17H2,1-2H3/t22-/m1/s1. The van der Waals surface area contributed by atoms with Crippen LogP contribution in [0.2, 0.25) is 0 Å². The normalized spacial score (nSPS) is 25.9. The molecule has 1 aromatic carbocycles. The summed E-state index contributed by atoms with van der Waals surface area (Å²) in [6, 6.07) is 7.96. The number of nitrogens with zero attached hydrogens (tertiary/aromatic N) is 2. The molecule has 2 saturated heterocycles. The highest BCUT2D eigenvalue weighted by atomic mass is 16.5. The minimum absolute atomic E-state index is 0.0333. The monoisotopic (exact) mass is 400 g/mol. The fourth-order valence-electron chi connectivity index (χ4n) is 5.19. The summed E-state index contributed by atoms with van der Waals surface area (Å²) in [5, 5.41) is 0. The summed E-state index contributed by atoms with van der Waals surface area (Å²) < 4.78 is 10.4. The van der Waals surface area contributed by atoms with Crippen LogP contribution in [0.4, 0.5) is 0 Å². The summed E-state index contributed by atoms with van der Waals surface area (Å²) in [6.07, 6.45) is 5.39. The number of piperidine rings is 2. The highest BCUT2D eigenvalue weighted by Gasteiger charge is 2.54. The number of likely N-dealkylation sites (tertiary alicyclic amines) is 2. The van der Waals surface area contributed by atoms with Gasteiger partial charge in [0.15, 0.2) is 0 Å². The van der Waals surface area contributed by atoms with Crippen molar-refractivity contribution in [2.75, 3.05) is 47.0 Å². The van der Waals surface area contributed by atoms with Crippen molar-refractivity contribution in [3.63, 3.8) is 0 Å². The maximum absolute atomic E-state index is 13.6. The second-order valence-electron chi connectivity index (χ2n) is 8.95. The molecule has 6 heteroatoms. The summed E-state index contributed by atoms with van der Waals surface area (Å²) in [4.78, 5) is 29.9. The van der Waals surface area contributed by atoms with E-state index in [0.717, 1.165) is 63.1 Å². The lowest BCUT2D eigenvalue weighted by Crippen LogP contribution is -2.56. The van der Waals surface area contributed by atoms with E-state index in [9.17, 15) is 9.59 Å². The van der Waals surface area contributed by atoms with Crippen LogP contribution in [-0.2, 0) is 19.7 Å². The number of ether oxygens (including phenoxy) is 2. The zero-order valence-electron chi connectivity index (χ0n) is 17.6. The van der Waals surface area contributed by atoms with Crippen LogP contribution < -0.4 is 4.74 Å². The minimum Gasteiger partial charge on any atom is -0.497 e. The highest BCUT2D eigenvalue weighted by molar-refractivity contribution is 5.91. The number of benzene rings is 1.